The molecule has 9 heteroatoms. The summed E-state index contributed by atoms with van der Waals surface area (Å²) in [4.78, 5) is 17.7. The number of aliphatic hydroxyl groups is 1. The first-order valence-electron chi connectivity index (χ1n) is 12.9. The van der Waals surface area contributed by atoms with Crippen LogP contribution in [0.3, 0.4) is 0 Å². The number of benzene rings is 2. The Labute approximate surface area is 220 Å². The molecule has 2 aliphatic rings. The highest BCUT2D eigenvalue weighted by Gasteiger charge is 2.50. The molecule has 5 atom stereocenters. The third-order valence-electron chi connectivity index (χ3n) is 8.43. The van der Waals surface area contributed by atoms with E-state index < -0.39 is 52.6 Å². The molecule has 1 unspecified atom stereocenters. The van der Waals surface area contributed by atoms with Gasteiger partial charge in [-0.15, -0.1) is 0 Å². The monoisotopic (exact) mass is 538 g/mol. The van der Waals surface area contributed by atoms with Crippen LogP contribution in [0.2, 0.25) is 0 Å². The molecule has 0 aliphatic carbocycles. The van der Waals surface area contributed by atoms with Crippen molar-refractivity contribution >= 4 is 5.91 Å². The fourth-order valence-corrected chi connectivity index (χ4v) is 6.13. The van der Waals surface area contributed by atoms with Crippen molar-refractivity contribution < 1.29 is 31.9 Å². The van der Waals surface area contributed by atoms with E-state index in [1.165, 1.54) is 24.3 Å². The van der Waals surface area contributed by atoms with Crippen molar-refractivity contribution in [2.24, 2.45) is 17.8 Å². The van der Waals surface area contributed by atoms with Gasteiger partial charge in [-0.05, 0) is 50.1 Å². The lowest BCUT2D eigenvalue weighted by molar-refractivity contribution is -0.153. The molecule has 1 amide bonds. The van der Waals surface area contributed by atoms with Crippen molar-refractivity contribution in [3.05, 3.63) is 70.8 Å². The van der Waals surface area contributed by atoms with E-state index in [0.29, 0.717) is 24.2 Å². The zero-order chi connectivity index (χ0) is 28.2. The number of likely N-dealkylation sites (tertiary alicyclic amines) is 2. The molecule has 0 bridgehead atoms. The largest absolute Gasteiger partial charge is 0.416 e. The molecule has 0 saturated carbocycles. The maximum atomic E-state index is 14.8. The molecule has 2 fully saturated rings. The second kappa shape index (κ2) is 9.90. The smallest absolute Gasteiger partial charge is 0.384 e. The van der Waals surface area contributed by atoms with Crippen LogP contribution in [0.4, 0.5) is 22.0 Å². The molecule has 2 aliphatic heterocycles. The summed E-state index contributed by atoms with van der Waals surface area (Å²) in [7, 11) is 0. The minimum Gasteiger partial charge on any atom is -0.384 e. The number of alkyl halides is 3. The Kier molecular flexibility index (Phi) is 7.42. The van der Waals surface area contributed by atoms with E-state index >= 15 is 0 Å². The number of rotatable bonds is 3. The van der Waals surface area contributed by atoms with Gasteiger partial charge < -0.3 is 10.0 Å². The second-order valence-electron chi connectivity index (χ2n) is 11.9. The van der Waals surface area contributed by atoms with Gasteiger partial charge in [0.2, 0.25) is 5.91 Å². The molecule has 208 valence electrons. The van der Waals surface area contributed by atoms with Crippen molar-refractivity contribution in [3.63, 3.8) is 0 Å². The third-order valence-corrected chi connectivity index (χ3v) is 8.43. The molecule has 2 aromatic rings. The van der Waals surface area contributed by atoms with E-state index in [9.17, 15) is 31.9 Å². The fourth-order valence-electron chi connectivity index (χ4n) is 6.13. The molecular weight excluding hydrogens is 503 g/mol. The predicted molar refractivity (Wildman–Crippen MR) is 134 cm³/mol. The van der Waals surface area contributed by atoms with Crippen LogP contribution in [-0.2, 0) is 16.6 Å². The first-order valence-corrected chi connectivity index (χ1v) is 12.9. The SMILES string of the molecule is C[C@@H]1CN(C(=O)[C@@H]2CN(C(C)(C)C)C[C@H]2c2ccc(F)cc2F)C[C@H](C)C1(O)c1ccc(C(F)(F)F)cc1. The van der Waals surface area contributed by atoms with Crippen molar-refractivity contribution in [2.45, 2.75) is 57.9 Å². The zero-order valence-corrected chi connectivity index (χ0v) is 22.3. The summed E-state index contributed by atoms with van der Waals surface area (Å²) in [5.41, 5.74) is -1.80. The lowest BCUT2D eigenvalue weighted by Gasteiger charge is -2.48. The highest BCUT2D eigenvalue weighted by atomic mass is 19.4. The number of piperidine rings is 1. The number of hydrogen-bond acceptors (Lipinski definition) is 3. The summed E-state index contributed by atoms with van der Waals surface area (Å²) in [5.74, 6) is -3.49. The van der Waals surface area contributed by atoms with E-state index in [0.717, 1.165) is 18.2 Å². The lowest BCUT2D eigenvalue weighted by atomic mass is 9.70. The average Bonchev–Trinajstić information content (AvgIpc) is 3.27. The fraction of sp³-hybridized carbons (Fsp3) is 0.552. The van der Waals surface area contributed by atoms with Crippen molar-refractivity contribution in [1.29, 1.82) is 0 Å². The molecule has 4 rings (SSSR count). The summed E-state index contributed by atoms with van der Waals surface area (Å²) in [6.07, 6.45) is -4.48. The average molecular weight is 539 g/mol. The molecule has 2 saturated heterocycles. The first kappa shape index (κ1) is 28.5. The van der Waals surface area contributed by atoms with Gasteiger partial charge in [0.25, 0.3) is 0 Å². The van der Waals surface area contributed by atoms with Gasteiger partial charge in [-0.25, -0.2) is 8.78 Å². The van der Waals surface area contributed by atoms with E-state index in [1.54, 1.807) is 18.7 Å². The van der Waals surface area contributed by atoms with Gasteiger partial charge in [-0.1, -0.05) is 32.0 Å². The summed E-state index contributed by atoms with van der Waals surface area (Å²) in [6.45, 7) is 10.9. The van der Waals surface area contributed by atoms with Crippen LogP contribution in [-0.4, -0.2) is 52.5 Å². The highest BCUT2D eigenvalue weighted by Crippen LogP contribution is 2.44. The van der Waals surface area contributed by atoms with Crippen LogP contribution < -0.4 is 0 Å². The van der Waals surface area contributed by atoms with E-state index in [1.807, 2.05) is 20.8 Å². The normalized spacial score (nSPS) is 29.1. The predicted octanol–water partition coefficient (Wildman–Crippen LogP) is 5.80. The standard InChI is InChI=1S/C29H35F5N2O2/c1-17-13-35(14-18(2)28(17,38)19-6-8-20(9-7-19)29(32,33)34)26(37)24-16-36(27(3,4)5)15-23(24)22-11-10-21(30)12-25(22)31/h6-12,17-18,23-24,38H,13-16H2,1-5H3/t17-,18+,23-,24+,28?/m0/s1. The minimum atomic E-state index is -4.48. The Balaban J connectivity index is 1.59. The summed E-state index contributed by atoms with van der Waals surface area (Å²) in [5, 5.41) is 11.7. The van der Waals surface area contributed by atoms with E-state index in [2.05, 4.69) is 4.90 Å². The van der Waals surface area contributed by atoms with Crippen LogP contribution in [0.1, 0.15) is 57.2 Å². The number of hydrogen-bond donors (Lipinski definition) is 1. The zero-order valence-electron chi connectivity index (χ0n) is 22.3. The van der Waals surface area contributed by atoms with Crippen LogP contribution in [0.5, 0.6) is 0 Å². The van der Waals surface area contributed by atoms with Gasteiger partial charge in [0.1, 0.15) is 11.6 Å². The number of nitrogens with zero attached hydrogens (tertiary/aromatic N) is 2. The minimum absolute atomic E-state index is 0.168. The quantitative estimate of drug-likeness (QED) is 0.503. The number of halogens is 5. The van der Waals surface area contributed by atoms with Gasteiger partial charge in [-0.2, -0.15) is 13.2 Å². The maximum Gasteiger partial charge on any atom is 0.416 e. The highest BCUT2D eigenvalue weighted by molar-refractivity contribution is 5.81. The third kappa shape index (κ3) is 5.19. The van der Waals surface area contributed by atoms with Crippen molar-refractivity contribution in [2.75, 3.05) is 26.2 Å². The van der Waals surface area contributed by atoms with Crippen molar-refractivity contribution in [1.82, 2.24) is 9.80 Å². The summed E-state index contributed by atoms with van der Waals surface area (Å²) in [6, 6.07) is 7.99. The first-order chi connectivity index (χ1) is 17.5. The molecule has 4 nitrogen and oxygen atoms in total. The molecule has 0 spiro atoms. The summed E-state index contributed by atoms with van der Waals surface area (Å²) >= 11 is 0. The Morgan fingerprint density at radius 2 is 1.50 bits per heavy atom. The Morgan fingerprint density at radius 3 is 2.00 bits per heavy atom. The number of carbonyl (C=O) groups excluding carboxylic acids is 1. The Bertz CT molecular complexity index is 1160. The lowest BCUT2D eigenvalue weighted by Crippen LogP contribution is -2.57. The topological polar surface area (TPSA) is 43.8 Å². The van der Waals surface area contributed by atoms with Crippen molar-refractivity contribution in [3.8, 4) is 0 Å². The molecular formula is C29H35F5N2O2. The van der Waals surface area contributed by atoms with E-state index in [4.69, 9.17) is 0 Å². The summed E-state index contributed by atoms with van der Waals surface area (Å²) < 4.78 is 67.6. The Hall–Kier alpha value is -2.52. The number of amides is 1. The Morgan fingerprint density at radius 1 is 0.921 bits per heavy atom. The van der Waals surface area contributed by atoms with Gasteiger partial charge in [0.05, 0.1) is 17.1 Å². The molecule has 2 heterocycles. The second-order valence-corrected chi connectivity index (χ2v) is 11.9. The number of carbonyl (C=O) groups is 1. The molecule has 0 aromatic heterocycles. The van der Waals surface area contributed by atoms with Crippen LogP contribution in [0.15, 0.2) is 42.5 Å². The maximum absolute atomic E-state index is 14.8. The van der Waals surface area contributed by atoms with Gasteiger partial charge in [-0.3, -0.25) is 9.69 Å². The van der Waals surface area contributed by atoms with Crippen LogP contribution in [0, 0.1) is 29.4 Å². The van der Waals surface area contributed by atoms with E-state index in [-0.39, 0.29) is 24.5 Å². The van der Waals surface area contributed by atoms with Crippen LogP contribution in [0.25, 0.3) is 0 Å². The van der Waals surface area contributed by atoms with Gasteiger partial charge in [0, 0.05) is 55.5 Å². The molecule has 2 aromatic carbocycles. The molecule has 38 heavy (non-hydrogen) atoms. The molecule has 0 radical (unpaired) electrons. The molecule has 1 N–H and O–H groups in total. The van der Waals surface area contributed by atoms with Gasteiger partial charge >= 0.3 is 6.18 Å². The van der Waals surface area contributed by atoms with Gasteiger partial charge in [0.15, 0.2) is 0 Å². The van der Waals surface area contributed by atoms with Crippen LogP contribution >= 0.6 is 0 Å².